The van der Waals surface area contributed by atoms with Crippen LogP contribution in [0.2, 0.25) is 0 Å². The highest BCUT2D eigenvalue weighted by Crippen LogP contribution is 2.27. The summed E-state index contributed by atoms with van der Waals surface area (Å²) in [6.45, 7) is 6.34. The highest BCUT2D eigenvalue weighted by Gasteiger charge is 2.22. The molecule has 1 aromatic carbocycles. The number of nitrogens with zero attached hydrogens (tertiary/aromatic N) is 4. The Kier molecular flexibility index (Phi) is 3.78. The number of hydrogen-bond donors (Lipinski definition) is 2. The minimum absolute atomic E-state index is 0.194. The number of fused-ring (bicyclic) bond motifs is 1. The minimum atomic E-state index is -0.194. The second kappa shape index (κ2) is 6.09. The molecule has 2 N–H and O–H groups in total. The number of aryl methyl sites for hydroxylation is 1. The Morgan fingerprint density at radius 2 is 1.92 bits per heavy atom. The summed E-state index contributed by atoms with van der Waals surface area (Å²) in [5, 5.41) is 10.2. The molecule has 0 amide bonds. The Morgan fingerprint density at radius 3 is 2.62 bits per heavy atom. The van der Waals surface area contributed by atoms with Crippen molar-refractivity contribution >= 4 is 17.0 Å². The van der Waals surface area contributed by atoms with Gasteiger partial charge in [0.25, 0.3) is 5.56 Å². The van der Waals surface area contributed by atoms with E-state index in [1.165, 1.54) is 0 Å². The van der Waals surface area contributed by atoms with Crippen LogP contribution in [0.4, 0.5) is 5.95 Å². The summed E-state index contributed by atoms with van der Waals surface area (Å²) in [5.74, 6) is 0.852. The van der Waals surface area contributed by atoms with E-state index in [1.807, 2.05) is 41.8 Å². The third kappa shape index (κ3) is 2.37. The lowest BCUT2D eigenvalue weighted by atomic mass is 10.1. The molecule has 1 aliphatic heterocycles. The van der Waals surface area contributed by atoms with E-state index in [4.69, 9.17) is 4.98 Å². The van der Waals surface area contributed by atoms with Crippen LogP contribution in [0, 0.1) is 0 Å². The number of benzene rings is 1. The van der Waals surface area contributed by atoms with Crippen LogP contribution in [0.1, 0.15) is 6.92 Å². The number of hydrogen-bond acceptors (Lipinski definition) is 5. The molecule has 3 heterocycles. The van der Waals surface area contributed by atoms with Crippen LogP contribution < -0.4 is 15.8 Å². The average Bonchev–Trinajstić information content (AvgIpc) is 3.04. The molecule has 1 aliphatic rings. The number of nitrogens with one attached hydrogen (secondary N) is 2. The molecule has 0 aliphatic carbocycles. The average molecular weight is 324 g/mol. The molecule has 0 radical (unpaired) electrons. The van der Waals surface area contributed by atoms with Crippen LogP contribution in [0.3, 0.4) is 0 Å². The Balaban J connectivity index is 1.96. The number of piperazine rings is 1. The first kappa shape index (κ1) is 14.9. The first-order valence-electron chi connectivity index (χ1n) is 8.29. The fourth-order valence-corrected chi connectivity index (χ4v) is 3.25. The van der Waals surface area contributed by atoms with Gasteiger partial charge >= 0.3 is 0 Å². The molecule has 0 spiro atoms. The molecule has 0 unspecified atom stereocenters. The largest absolute Gasteiger partial charge is 0.340 e. The molecule has 0 saturated carbocycles. The number of rotatable bonds is 3. The molecule has 4 rings (SSSR count). The molecular formula is C17H20N6O. The zero-order chi connectivity index (χ0) is 16.5. The Morgan fingerprint density at radius 1 is 1.17 bits per heavy atom. The van der Waals surface area contributed by atoms with Gasteiger partial charge in [-0.25, -0.2) is 10.1 Å². The highest BCUT2D eigenvalue weighted by atomic mass is 16.1. The van der Waals surface area contributed by atoms with Gasteiger partial charge in [-0.2, -0.15) is 5.10 Å². The van der Waals surface area contributed by atoms with E-state index in [-0.39, 0.29) is 5.56 Å². The lowest BCUT2D eigenvalue weighted by Crippen LogP contribution is -2.44. The van der Waals surface area contributed by atoms with Crippen molar-refractivity contribution in [3.05, 3.63) is 40.7 Å². The van der Waals surface area contributed by atoms with Crippen molar-refractivity contribution in [2.45, 2.75) is 13.5 Å². The van der Waals surface area contributed by atoms with E-state index in [0.717, 1.165) is 37.7 Å². The van der Waals surface area contributed by atoms with E-state index in [1.54, 1.807) is 0 Å². The molecule has 7 nitrogen and oxygen atoms in total. The van der Waals surface area contributed by atoms with Gasteiger partial charge in [-0.1, -0.05) is 30.3 Å². The number of imidazole rings is 1. The van der Waals surface area contributed by atoms with Crippen molar-refractivity contribution < 1.29 is 0 Å². The van der Waals surface area contributed by atoms with Crippen molar-refractivity contribution in [1.29, 1.82) is 0 Å². The second-order valence-corrected chi connectivity index (χ2v) is 5.86. The smallest absolute Gasteiger partial charge is 0.290 e. The summed E-state index contributed by atoms with van der Waals surface area (Å²) >= 11 is 0. The summed E-state index contributed by atoms with van der Waals surface area (Å²) in [7, 11) is 0. The van der Waals surface area contributed by atoms with Gasteiger partial charge in [0.15, 0.2) is 0 Å². The van der Waals surface area contributed by atoms with E-state index in [9.17, 15) is 4.79 Å². The van der Waals surface area contributed by atoms with Crippen LogP contribution >= 0.6 is 0 Å². The lowest BCUT2D eigenvalue weighted by molar-refractivity contribution is 0.569. The van der Waals surface area contributed by atoms with Crippen molar-refractivity contribution in [3.8, 4) is 11.3 Å². The molecule has 0 bridgehead atoms. The first-order valence-corrected chi connectivity index (χ1v) is 8.29. The molecule has 124 valence electrons. The van der Waals surface area contributed by atoms with E-state index in [2.05, 4.69) is 20.4 Å². The van der Waals surface area contributed by atoms with E-state index >= 15 is 0 Å². The number of aromatic nitrogens is 4. The Hall–Kier alpha value is -2.67. The second-order valence-electron chi connectivity index (χ2n) is 5.86. The van der Waals surface area contributed by atoms with Crippen LogP contribution in [-0.2, 0) is 6.54 Å². The van der Waals surface area contributed by atoms with Crippen molar-refractivity contribution in [1.82, 2.24) is 25.1 Å². The van der Waals surface area contributed by atoms with Crippen LogP contribution in [-0.4, -0.2) is 45.9 Å². The molecule has 7 heteroatoms. The van der Waals surface area contributed by atoms with Crippen molar-refractivity contribution in [2.75, 3.05) is 31.1 Å². The van der Waals surface area contributed by atoms with Gasteiger partial charge in [0.05, 0.1) is 0 Å². The number of H-pyrrole nitrogens is 1. The molecule has 3 aromatic rings. The van der Waals surface area contributed by atoms with Gasteiger partial charge in [0.2, 0.25) is 5.95 Å². The normalized spacial score (nSPS) is 15.1. The molecule has 1 saturated heterocycles. The maximum Gasteiger partial charge on any atom is 0.290 e. The first-order chi connectivity index (χ1) is 11.8. The van der Waals surface area contributed by atoms with Gasteiger partial charge in [0.1, 0.15) is 16.7 Å². The third-order valence-corrected chi connectivity index (χ3v) is 4.42. The zero-order valence-electron chi connectivity index (χ0n) is 13.6. The molecule has 24 heavy (non-hydrogen) atoms. The number of aromatic amines is 1. The Labute approximate surface area is 139 Å². The van der Waals surface area contributed by atoms with Gasteiger partial charge in [-0.3, -0.25) is 4.79 Å². The predicted molar refractivity (Wildman–Crippen MR) is 94.3 cm³/mol. The topological polar surface area (TPSA) is 78.8 Å². The van der Waals surface area contributed by atoms with Gasteiger partial charge in [-0.05, 0) is 6.92 Å². The van der Waals surface area contributed by atoms with E-state index < -0.39 is 0 Å². The predicted octanol–water partition coefficient (Wildman–Crippen LogP) is 1.22. The summed E-state index contributed by atoms with van der Waals surface area (Å²) < 4.78 is 1.99. The van der Waals surface area contributed by atoms with Crippen molar-refractivity contribution in [3.63, 3.8) is 0 Å². The molecular weight excluding hydrogens is 304 g/mol. The fourth-order valence-electron chi connectivity index (χ4n) is 3.25. The third-order valence-electron chi connectivity index (χ3n) is 4.42. The fraction of sp³-hybridized carbons (Fsp3) is 0.353. The van der Waals surface area contributed by atoms with Gasteiger partial charge < -0.3 is 14.8 Å². The van der Waals surface area contributed by atoms with Gasteiger partial charge in [0, 0.05) is 38.3 Å². The van der Waals surface area contributed by atoms with Crippen LogP contribution in [0.5, 0.6) is 0 Å². The Bertz CT molecular complexity index is 908. The summed E-state index contributed by atoms with van der Waals surface area (Å²) in [4.78, 5) is 19.5. The molecule has 1 fully saturated rings. The minimum Gasteiger partial charge on any atom is -0.340 e. The zero-order valence-corrected chi connectivity index (χ0v) is 13.6. The quantitative estimate of drug-likeness (QED) is 0.757. The molecule has 2 aromatic heterocycles. The summed E-state index contributed by atoms with van der Waals surface area (Å²) in [6.07, 6.45) is 0. The van der Waals surface area contributed by atoms with Crippen LogP contribution in [0.15, 0.2) is 35.1 Å². The standard InChI is InChI=1S/C17H20N6O/c1-2-23-15-14(19-17(23)22-10-8-18-9-11-22)13(20-21-16(15)24)12-6-4-3-5-7-12/h3-7,18H,2,8-11H2,1H3,(H,21,24). The monoisotopic (exact) mass is 324 g/mol. The lowest BCUT2D eigenvalue weighted by Gasteiger charge is -2.28. The SMILES string of the molecule is CCn1c(N2CCNCC2)nc2c(-c3ccccc3)n[nH]c(=O)c21. The highest BCUT2D eigenvalue weighted by molar-refractivity contribution is 5.90. The van der Waals surface area contributed by atoms with E-state index in [0.29, 0.717) is 23.3 Å². The van der Waals surface area contributed by atoms with Gasteiger partial charge in [-0.15, -0.1) is 0 Å². The maximum absolute atomic E-state index is 12.4. The van der Waals surface area contributed by atoms with Crippen molar-refractivity contribution in [2.24, 2.45) is 0 Å². The molecule has 0 atom stereocenters. The van der Waals surface area contributed by atoms with Crippen LogP contribution in [0.25, 0.3) is 22.3 Å². The number of anilines is 1. The maximum atomic E-state index is 12.4. The summed E-state index contributed by atoms with van der Waals surface area (Å²) in [6, 6.07) is 9.85. The summed E-state index contributed by atoms with van der Waals surface area (Å²) in [5.41, 5.74) is 2.74.